The van der Waals surface area contributed by atoms with Crippen LogP contribution in [-0.4, -0.2) is 36.9 Å². The third kappa shape index (κ3) is 4.69. The quantitative estimate of drug-likeness (QED) is 0.810. The van der Waals surface area contributed by atoms with E-state index in [-0.39, 0.29) is 12.5 Å². The zero-order valence-corrected chi connectivity index (χ0v) is 12.6. The van der Waals surface area contributed by atoms with Gasteiger partial charge in [0.2, 0.25) is 11.0 Å². The molecule has 8 heteroatoms. The van der Waals surface area contributed by atoms with Gasteiger partial charge in [-0.05, 0) is 24.3 Å². The number of ether oxygens (including phenoxy) is 2. The van der Waals surface area contributed by atoms with Crippen LogP contribution in [0.15, 0.2) is 24.3 Å². The standard InChI is InChI=1S/C13H16N4O3S/c1-19-8-12-16-17-13(21-12)15-11(18)7-14-9-3-5-10(20-2)6-4-9/h3-6,14H,7-8H2,1-2H3,(H,15,17,18). The van der Waals surface area contributed by atoms with Crippen molar-refractivity contribution in [2.75, 3.05) is 31.4 Å². The van der Waals surface area contributed by atoms with Gasteiger partial charge < -0.3 is 14.8 Å². The zero-order chi connectivity index (χ0) is 15.1. The highest BCUT2D eigenvalue weighted by molar-refractivity contribution is 7.15. The van der Waals surface area contributed by atoms with Crippen molar-refractivity contribution in [1.29, 1.82) is 0 Å². The second-order valence-corrected chi connectivity index (χ2v) is 5.13. The van der Waals surface area contributed by atoms with Gasteiger partial charge in [-0.15, -0.1) is 10.2 Å². The van der Waals surface area contributed by atoms with E-state index in [1.54, 1.807) is 14.2 Å². The zero-order valence-electron chi connectivity index (χ0n) is 11.8. The highest BCUT2D eigenvalue weighted by Crippen LogP contribution is 2.16. The van der Waals surface area contributed by atoms with Crippen molar-refractivity contribution in [2.24, 2.45) is 0 Å². The first-order chi connectivity index (χ1) is 10.2. The van der Waals surface area contributed by atoms with Gasteiger partial charge in [0.1, 0.15) is 17.4 Å². The summed E-state index contributed by atoms with van der Waals surface area (Å²) in [5.74, 6) is 0.579. The molecule has 0 saturated carbocycles. The summed E-state index contributed by atoms with van der Waals surface area (Å²) in [6, 6.07) is 7.32. The SMILES string of the molecule is COCc1nnc(NC(=O)CNc2ccc(OC)cc2)s1. The number of carbonyl (C=O) groups excluding carboxylic acids is 1. The topological polar surface area (TPSA) is 85.4 Å². The number of hydrogen-bond donors (Lipinski definition) is 2. The number of methoxy groups -OCH3 is 2. The predicted molar refractivity (Wildman–Crippen MR) is 80.7 cm³/mol. The summed E-state index contributed by atoms with van der Waals surface area (Å²) >= 11 is 1.29. The molecule has 0 atom stereocenters. The fraction of sp³-hybridized carbons (Fsp3) is 0.308. The molecule has 112 valence electrons. The van der Waals surface area contributed by atoms with Crippen LogP contribution in [0.25, 0.3) is 0 Å². The maximum atomic E-state index is 11.8. The van der Waals surface area contributed by atoms with Crippen LogP contribution in [-0.2, 0) is 16.1 Å². The molecule has 0 unspecified atom stereocenters. The Kier molecular flexibility index (Phi) is 5.47. The molecule has 1 aromatic carbocycles. The van der Waals surface area contributed by atoms with Crippen LogP contribution in [0.5, 0.6) is 5.75 Å². The number of nitrogens with zero attached hydrogens (tertiary/aromatic N) is 2. The molecule has 0 bridgehead atoms. The molecule has 2 aromatic rings. The van der Waals surface area contributed by atoms with E-state index in [1.807, 2.05) is 24.3 Å². The van der Waals surface area contributed by atoms with Crippen LogP contribution in [0.3, 0.4) is 0 Å². The second kappa shape index (κ2) is 7.55. The maximum absolute atomic E-state index is 11.8. The lowest BCUT2D eigenvalue weighted by molar-refractivity contribution is -0.114. The van der Waals surface area contributed by atoms with E-state index in [9.17, 15) is 4.79 Å². The molecule has 0 aliphatic heterocycles. The molecule has 2 rings (SSSR count). The second-order valence-electron chi connectivity index (χ2n) is 4.06. The van der Waals surface area contributed by atoms with E-state index >= 15 is 0 Å². The molecule has 0 aliphatic rings. The lowest BCUT2D eigenvalue weighted by atomic mass is 10.3. The Balaban J connectivity index is 1.80. The smallest absolute Gasteiger partial charge is 0.245 e. The van der Waals surface area contributed by atoms with E-state index < -0.39 is 0 Å². The molecule has 0 radical (unpaired) electrons. The molecule has 0 fully saturated rings. The number of carbonyl (C=O) groups is 1. The average Bonchev–Trinajstić information content (AvgIpc) is 2.93. The number of rotatable bonds is 7. The first-order valence-electron chi connectivity index (χ1n) is 6.20. The van der Waals surface area contributed by atoms with Crippen LogP contribution >= 0.6 is 11.3 Å². The van der Waals surface area contributed by atoms with Crippen LogP contribution in [0.4, 0.5) is 10.8 Å². The van der Waals surface area contributed by atoms with Crippen LogP contribution in [0.2, 0.25) is 0 Å². The Morgan fingerprint density at radius 3 is 2.67 bits per heavy atom. The minimum absolute atomic E-state index is 0.144. The van der Waals surface area contributed by atoms with Crippen molar-refractivity contribution in [2.45, 2.75) is 6.61 Å². The minimum Gasteiger partial charge on any atom is -0.497 e. The number of hydrogen-bond acceptors (Lipinski definition) is 7. The fourth-order valence-corrected chi connectivity index (χ4v) is 2.27. The summed E-state index contributed by atoms with van der Waals surface area (Å²) in [6.07, 6.45) is 0. The van der Waals surface area contributed by atoms with E-state index in [0.29, 0.717) is 11.7 Å². The Morgan fingerprint density at radius 2 is 2.00 bits per heavy atom. The number of anilines is 2. The van der Waals surface area contributed by atoms with Crippen molar-refractivity contribution < 1.29 is 14.3 Å². The number of nitrogens with one attached hydrogen (secondary N) is 2. The minimum atomic E-state index is -0.189. The molecule has 7 nitrogen and oxygen atoms in total. The first-order valence-corrected chi connectivity index (χ1v) is 7.02. The summed E-state index contributed by atoms with van der Waals surface area (Å²) in [7, 11) is 3.19. The van der Waals surface area contributed by atoms with E-state index in [4.69, 9.17) is 9.47 Å². The first kappa shape index (κ1) is 15.2. The summed E-state index contributed by atoms with van der Waals surface area (Å²) < 4.78 is 10.0. The van der Waals surface area contributed by atoms with Gasteiger partial charge in [-0.2, -0.15) is 0 Å². The van der Waals surface area contributed by atoms with Crippen LogP contribution < -0.4 is 15.4 Å². The summed E-state index contributed by atoms with van der Waals surface area (Å²) in [5, 5.41) is 14.6. The van der Waals surface area contributed by atoms with E-state index in [2.05, 4.69) is 20.8 Å². The number of aromatic nitrogens is 2. The predicted octanol–water partition coefficient (Wildman–Crippen LogP) is 1.74. The van der Waals surface area contributed by atoms with Gasteiger partial charge in [0.25, 0.3) is 0 Å². The Bertz CT molecular complexity index is 585. The van der Waals surface area contributed by atoms with E-state index in [1.165, 1.54) is 11.3 Å². The third-order valence-electron chi connectivity index (χ3n) is 2.52. The molecular weight excluding hydrogens is 292 g/mol. The van der Waals surface area contributed by atoms with Gasteiger partial charge in [0.05, 0.1) is 13.7 Å². The van der Waals surface area contributed by atoms with Crippen LogP contribution in [0, 0.1) is 0 Å². The van der Waals surface area contributed by atoms with Gasteiger partial charge in [-0.1, -0.05) is 11.3 Å². The highest BCUT2D eigenvalue weighted by atomic mass is 32.1. The van der Waals surface area contributed by atoms with Gasteiger partial charge in [-0.3, -0.25) is 10.1 Å². The molecule has 21 heavy (non-hydrogen) atoms. The summed E-state index contributed by atoms with van der Waals surface area (Å²) in [6.45, 7) is 0.531. The third-order valence-corrected chi connectivity index (χ3v) is 3.34. The molecular formula is C13H16N4O3S. The van der Waals surface area contributed by atoms with Gasteiger partial charge in [0, 0.05) is 12.8 Å². The van der Waals surface area contributed by atoms with Crippen molar-refractivity contribution in [1.82, 2.24) is 10.2 Å². The molecule has 2 N–H and O–H groups in total. The van der Waals surface area contributed by atoms with Gasteiger partial charge in [0.15, 0.2) is 0 Å². The summed E-state index contributed by atoms with van der Waals surface area (Å²) in [4.78, 5) is 11.8. The summed E-state index contributed by atoms with van der Waals surface area (Å²) in [5.41, 5.74) is 0.836. The fourth-order valence-electron chi connectivity index (χ4n) is 1.54. The molecule has 1 heterocycles. The number of amides is 1. The van der Waals surface area contributed by atoms with Gasteiger partial charge >= 0.3 is 0 Å². The normalized spacial score (nSPS) is 10.2. The van der Waals surface area contributed by atoms with Crippen LogP contribution in [0.1, 0.15) is 5.01 Å². The monoisotopic (exact) mass is 308 g/mol. The lowest BCUT2D eigenvalue weighted by Crippen LogP contribution is -2.21. The van der Waals surface area contributed by atoms with Gasteiger partial charge in [-0.25, -0.2) is 0 Å². The molecule has 0 saturated heterocycles. The molecule has 0 spiro atoms. The Labute approximate surface area is 126 Å². The van der Waals surface area contributed by atoms with Crippen molar-refractivity contribution in [3.63, 3.8) is 0 Å². The Hall–Kier alpha value is -2.19. The van der Waals surface area contributed by atoms with Crippen molar-refractivity contribution >= 4 is 28.1 Å². The van der Waals surface area contributed by atoms with Crippen molar-refractivity contribution in [3.05, 3.63) is 29.3 Å². The highest BCUT2D eigenvalue weighted by Gasteiger charge is 2.07. The maximum Gasteiger partial charge on any atom is 0.245 e. The lowest BCUT2D eigenvalue weighted by Gasteiger charge is -2.06. The molecule has 0 aliphatic carbocycles. The molecule has 1 amide bonds. The molecule has 1 aromatic heterocycles. The Morgan fingerprint density at radius 1 is 1.24 bits per heavy atom. The van der Waals surface area contributed by atoms with E-state index in [0.717, 1.165) is 16.4 Å². The largest absolute Gasteiger partial charge is 0.497 e. The number of benzene rings is 1. The average molecular weight is 308 g/mol. The van der Waals surface area contributed by atoms with Crippen molar-refractivity contribution in [3.8, 4) is 5.75 Å².